The number of hydrogen-bond acceptors (Lipinski definition) is 7. The first kappa shape index (κ1) is 25.4. The normalized spacial score (nSPS) is 18.4. The Bertz CT molecular complexity index is 1000. The van der Waals surface area contributed by atoms with Gasteiger partial charge in [0.05, 0.1) is 17.9 Å². The minimum absolute atomic E-state index is 0.0152. The number of anilines is 1. The molecule has 0 saturated heterocycles. The summed E-state index contributed by atoms with van der Waals surface area (Å²) in [6.45, 7) is 6.13. The summed E-state index contributed by atoms with van der Waals surface area (Å²) in [5.41, 5.74) is 2.65. The van der Waals surface area contributed by atoms with Crippen LogP contribution in [0.1, 0.15) is 30.9 Å². The molecule has 9 heteroatoms. The first-order valence-corrected chi connectivity index (χ1v) is 12.3. The lowest BCUT2D eigenvalue weighted by atomic mass is 9.98. The molecule has 2 N–H and O–H groups in total. The van der Waals surface area contributed by atoms with Gasteiger partial charge >= 0.3 is 0 Å². The number of halogens is 1. The highest BCUT2D eigenvalue weighted by molar-refractivity contribution is 7.18. The molecule has 0 aliphatic heterocycles. The van der Waals surface area contributed by atoms with Crippen LogP contribution in [0.2, 0.25) is 0 Å². The summed E-state index contributed by atoms with van der Waals surface area (Å²) in [4.78, 5) is 15.0. The van der Waals surface area contributed by atoms with E-state index in [1.54, 1.807) is 4.90 Å². The lowest BCUT2D eigenvalue weighted by Crippen LogP contribution is -2.39. The van der Waals surface area contributed by atoms with Crippen LogP contribution in [0, 0.1) is 19.8 Å². The van der Waals surface area contributed by atoms with Crippen molar-refractivity contribution in [1.82, 2.24) is 10.2 Å². The highest BCUT2D eigenvalue weighted by Gasteiger charge is 2.31. The Morgan fingerprint density at radius 1 is 1.24 bits per heavy atom. The Hall–Kier alpha value is -2.26. The number of carbonyl (C=O) groups excluding carboxylic acids is 1. The Balaban J connectivity index is 1.84. The number of alkyl halides is 1. The number of hydrogen-bond donors (Lipinski definition) is 2. The monoisotopic (exact) mass is 491 g/mol. The first-order chi connectivity index (χ1) is 15.8. The van der Waals surface area contributed by atoms with Crippen LogP contribution in [-0.2, 0) is 4.79 Å². The van der Waals surface area contributed by atoms with E-state index in [0.29, 0.717) is 22.4 Å². The van der Waals surface area contributed by atoms with E-state index >= 15 is 0 Å². The van der Waals surface area contributed by atoms with Crippen LogP contribution in [-0.4, -0.2) is 57.6 Å². The van der Waals surface area contributed by atoms with Crippen LogP contribution in [0.3, 0.4) is 0 Å². The van der Waals surface area contributed by atoms with Gasteiger partial charge in [-0.1, -0.05) is 49.0 Å². The van der Waals surface area contributed by atoms with Crippen molar-refractivity contribution in [2.45, 2.75) is 45.1 Å². The molecule has 0 spiro atoms. The van der Waals surface area contributed by atoms with Crippen LogP contribution >= 0.6 is 22.9 Å². The number of nitrogens with zero attached hydrogens (tertiary/aromatic N) is 3. The number of rotatable bonds is 10. The summed E-state index contributed by atoms with van der Waals surface area (Å²) < 4.78 is 5.69. The third-order valence-electron chi connectivity index (χ3n) is 5.34. The molecule has 3 unspecified atom stereocenters. The molecule has 2 aromatic rings. The largest absolute Gasteiger partial charge is 0.490 e. The summed E-state index contributed by atoms with van der Waals surface area (Å²) in [5.74, 6) is 0.155. The maximum Gasteiger partial charge on any atom is 0.237 e. The van der Waals surface area contributed by atoms with Crippen molar-refractivity contribution in [1.29, 1.82) is 0 Å². The summed E-state index contributed by atoms with van der Waals surface area (Å²) in [6.07, 6.45) is 8.23. The van der Waals surface area contributed by atoms with Crippen molar-refractivity contribution in [2.24, 2.45) is 5.92 Å². The van der Waals surface area contributed by atoms with E-state index in [0.717, 1.165) is 29.5 Å². The number of ether oxygens (including phenoxy) is 1. The molecule has 1 aliphatic carbocycles. The van der Waals surface area contributed by atoms with Crippen molar-refractivity contribution in [3.8, 4) is 16.3 Å². The number of carbonyl (C=O) groups is 1. The molecule has 1 aromatic heterocycles. The SMILES string of the molecule is CCCCN(C(=O)C1C=CC=CC1Cl)c1nnc(-c2cc(C)c(OCC(O)CO)c(C)c2)s1. The van der Waals surface area contributed by atoms with Gasteiger partial charge in [-0.3, -0.25) is 9.69 Å². The lowest BCUT2D eigenvalue weighted by molar-refractivity contribution is -0.120. The number of unbranched alkanes of at least 4 members (excludes halogenated alkanes) is 1. The van der Waals surface area contributed by atoms with Crippen molar-refractivity contribution in [3.63, 3.8) is 0 Å². The summed E-state index contributed by atoms with van der Waals surface area (Å²) >= 11 is 7.76. The first-order valence-electron chi connectivity index (χ1n) is 11.0. The zero-order valence-electron chi connectivity index (χ0n) is 19.1. The number of allylic oxidation sites excluding steroid dienone is 3. The average molecular weight is 492 g/mol. The van der Waals surface area contributed by atoms with E-state index in [9.17, 15) is 9.90 Å². The molecule has 0 fully saturated rings. The van der Waals surface area contributed by atoms with Gasteiger partial charge in [0.15, 0.2) is 0 Å². The van der Waals surface area contributed by atoms with Crippen LogP contribution < -0.4 is 9.64 Å². The Morgan fingerprint density at radius 3 is 2.58 bits per heavy atom. The lowest BCUT2D eigenvalue weighted by Gasteiger charge is -2.25. The molecule has 1 aromatic carbocycles. The van der Waals surface area contributed by atoms with Crippen molar-refractivity contribution in [2.75, 3.05) is 24.7 Å². The molecule has 0 radical (unpaired) electrons. The number of amides is 1. The quantitative estimate of drug-likeness (QED) is 0.487. The highest BCUT2D eigenvalue weighted by Crippen LogP contribution is 2.35. The Labute approximate surface area is 203 Å². The minimum atomic E-state index is -0.928. The molecular formula is C24H30ClN3O4S. The fourth-order valence-electron chi connectivity index (χ4n) is 3.57. The standard InChI is InChI=1S/C24H30ClN3O4S/c1-4-5-10-28(23(31)19-8-6-7-9-20(19)25)24-27-26-22(33-24)17-11-15(2)21(16(3)12-17)32-14-18(30)13-29/h6-9,11-12,18-20,29-30H,4-5,10,13-14H2,1-3H3. The molecule has 7 nitrogen and oxygen atoms in total. The van der Waals surface area contributed by atoms with Crippen molar-refractivity contribution in [3.05, 3.63) is 47.6 Å². The van der Waals surface area contributed by atoms with Gasteiger partial charge in [-0.15, -0.1) is 21.8 Å². The molecule has 0 bridgehead atoms. The number of benzene rings is 1. The van der Waals surface area contributed by atoms with Gasteiger partial charge in [-0.25, -0.2) is 0 Å². The van der Waals surface area contributed by atoms with Gasteiger partial charge in [0.1, 0.15) is 23.5 Å². The zero-order valence-corrected chi connectivity index (χ0v) is 20.6. The molecule has 33 heavy (non-hydrogen) atoms. The predicted octanol–water partition coefficient (Wildman–Crippen LogP) is 4.04. The number of aromatic nitrogens is 2. The average Bonchev–Trinajstić information content (AvgIpc) is 3.28. The minimum Gasteiger partial charge on any atom is -0.490 e. The fraction of sp³-hybridized carbons (Fsp3) is 0.458. The maximum atomic E-state index is 13.3. The topological polar surface area (TPSA) is 95.8 Å². The molecule has 1 aliphatic rings. The second-order valence-corrected chi connectivity index (χ2v) is 9.52. The van der Waals surface area contributed by atoms with Crippen LogP contribution in [0.4, 0.5) is 5.13 Å². The highest BCUT2D eigenvalue weighted by atomic mass is 35.5. The van der Waals surface area contributed by atoms with E-state index in [-0.39, 0.29) is 24.5 Å². The van der Waals surface area contributed by atoms with E-state index in [4.69, 9.17) is 21.4 Å². The molecule has 1 heterocycles. The van der Waals surface area contributed by atoms with E-state index in [2.05, 4.69) is 17.1 Å². The second-order valence-electron chi connectivity index (χ2n) is 8.06. The van der Waals surface area contributed by atoms with Gasteiger partial charge in [-0.05, 0) is 43.5 Å². The molecule has 3 atom stereocenters. The van der Waals surface area contributed by atoms with Crippen LogP contribution in [0.5, 0.6) is 5.75 Å². The third kappa shape index (κ3) is 6.20. The fourth-order valence-corrected chi connectivity index (χ4v) is 4.71. The van der Waals surface area contributed by atoms with Crippen molar-refractivity contribution < 1.29 is 19.7 Å². The predicted molar refractivity (Wildman–Crippen MR) is 132 cm³/mol. The van der Waals surface area contributed by atoms with Gasteiger partial charge in [-0.2, -0.15) is 0 Å². The summed E-state index contributed by atoms with van der Waals surface area (Å²) in [5, 5.41) is 28.1. The summed E-state index contributed by atoms with van der Waals surface area (Å²) in [7, 11) is 0. The van der Waals surface area contributed by atoms with Crippen LogP contribution in [0.25, 0.3) is 10.6 Å². The van der Waals surface area contributed by atoms with Crippen LogP contribution in [0.15, 0.2) is 36.4 Å². The summed E-state index contributed by atoms with van der Waals surface area (Å²) in [6, 6.07) is 3.89. The van der Waals surface area contributed by atoms with Gasteiger partial charge in [0.2, 0.25) is 11.0 Å². The molecule has 3 rings (SSSR count). The number of aliphatic hydroxyl groups excluding tert-OH is 2. The Morgan fingerprint density at radius 2 is 1.94 bits per heavy atom. The third-order valence-corrected chi connectivity index (χ3v) is 6.75. The van der Waals surface area contributed by atoms with E-state index in [1.165, 1.54) is 11.3 Å². The van der Waals surface area contributed by atoms with Gasteiger partial charge < -0.3 is 14.9 Å². The Kier molecular flexibility index (Phi) is 9.02. The van der Waals surface area contributed by atoms with E-state index < -0.39 is 12.0 Å². The zero-order chi connectivity index (χ0) is 24.0. The second kappa shape index (κ2) is 11.7. The van der Waals surface area contributed by atoms with Crippen molar-refractivity contribution >= 4 is 34.0 Å². The number of aryl methyl sites for hydroxylation is 2. The van der Waals surface area contributed by atoms with E-state index in [1.807, 2.05) is 50.3 Å². The molecule has 1 amide bonds. The number of aliphatic hydroxyl groups is 2. The smallest absolute Gasteiger partial charge is 0.237 e. The molecule has 178 valence electrons. The molecule has 0 saturated carbocycles. The maximum absolute atomic E-state index is 13.3. The molecular weight excluding hydrogens is 462 g/mol. The van der Waals surface area contributed by atoms with Gasteiger partial charge in [0, 0.05) is 12.1 Å². The van der Waals surface area contributed by atoms with Gasteiger partial charge in [0.25, 0.3) is 0 Å².